The first-order valence-electron chi connectivity index (χ1n) is 11.3. The first kappa shape index (κ1) is 24.0. The van der Waals surface area contributed by atoms with E-state index in [9.17, 15) is 5.26 Å². The Morgan fingerprint density at radius 1 is 0.765 bits per heavy atom. The summed E-state index contributed by atoms with van der Waals surface area (Å²) in [5.74, 6) is 0. The summed E-state index contributed by atoms with van der Waals surface area (Å²) >= 11 is 0. The molecule has 0 amide bonds. The molecule has 0 fully saturated rings. The predicted molar refractivity (Wildman–Crippen MR) is 142 cm³/mol. The quantitative estimate of drug-likeness (QED) is 0.325. The fourth-order valence-electron chi connectivity index (χ4n) is 4.86. The second-order valence-corrected chi connectivity index (χ2v) is 11.9. The van der Waals surface area contributed by atoms with Crippen molar-refractivity contribution in [2.45, 2.75) is 13.5 Å². The lowest BCUT2D eigenvalue weighted by Gasteiger charge is -2.25. The number of fused-ring (bicyclic) bond motifs is 1. The minimum absolute atomic E-state index is 0. The van der Waals surface area contributed by atoms with E-state index in [1.54, 1.807) is 0 Å². The third-order valence-electron chi connectivity index (χ3n) is 6.55. The standard InChI is InChI=1S/C30H26N2P.BrH/c1-3-32-28-19-18-23(22-31)20-24(28)21-29(32)27-16-10-11-17-30(27)33(2,25-12-6-4-7-13-25)26-14-8-5-9-15-26;/h4-21H,3H2,1-2H3;1H/q+1;/p-1. The lowest BCUT2D eigenvalue weighted by Crippen LogP contribution is -3.00. The highest BCUT2D eigenvalue weighted by Gasteiger charge is 2.42. The second kappa shape index (κ2) is 9.98. The minimum Gasteiger partial charge on any atom is -1.00 e. The first-order chi connectivity index (χ1) is 16.2. The molecular formula is C30H26BrN2P. The van der Waals surface area contributed by atoms with Crippen molar-refractivity contribution in [3.05, 3.63) is 115 Å². The van der Waals surface area contributed by atoms with Crippen molar-refractivity contribution in [2.24, 2.45) is 0 Å². The maximum absolute atomic E-state index is 9.40. The van der Waals surface area contributed by atoms with E-state index in [4.69, 9.17) is 0 Å². The van der Waals surface area contributed by atoms with Crippen molar-refractivity contribution >= 4 is 34.1 Å². The fourth-order valence-corrected chi connectivity index (χ4v) is 8.31. The topological polar surface area (TPSA) is 28.7 Å². The average molecular weight is 525 g/mol. The summed E-state index contributed by atoms with van der Waals surface area (Å²) in [7, 11) is -1.88. The number of hydrogen-bond acceptors (Lipinski definition) is 1. The van der Waals surface area contributed by atoms with Gasteiger partial charge in [0.25, 0.3) is 0 Å². The van der Waals surface area contributed by atoms with Gasteiger partial charge in [-0.15, -0.1) is 0 Å². The van der Waals surface area contributed by atoms with Crippen LogP contribution in [0.15, 0.2) is 109 Å². The molecule has 2 nitrogen and oxygen atoms in total. The summed E-state index contributed by atoms with van der Waals surface area (Å²) in [5, 5.41) is 14.6. The van der Waals surface area contributed by atoms with Crippen LogP contribution in [-0.4, -0.2) is 11.2 Å². The van der Waals surface area contributed by atoms with Gasteiger partial charge in [0.15, 0.2) is 0 Å². The van der Waals surface area contributed by atoms with E-state index in [1.807, 2.05) is 12.1 Å². The number of halogens is 1. The molecule has 1 aromatic heterocycles. The molecule has 0 radical (unpaired) electrons. The molecule has 1 heterocycles. The Hall–Kier alpha value is -3.18. The molecule has 0 saturated heterocycles. The predicted octanol–water partition coefficient (Wildman–Crippen LogP) is 3.13. The van der Waals surface area contributed by atoms with Crippen LogP contribution in [0.5, 0.6) is 0 Å². The van der Waals surface area contributed by atoms with Gasteiger partial charge < -0.3 is 21.5 Å². The molecule has 168 valence electrons. The fraction of sp³-hybridized carbons (Fsp3) is 0.100. The third-order valence-corrected chi connectivity index (χ3v) is 10.6. The van der Waals surface area contributed by atoms with Gasteiger partial charge in [0, 0.05) is 23.0 Å². The molecule has 0 aliphatic heterocycles. The Balaban J connectivity index is 0.00000274. The highest BCUT2D eigenvalue weighted by molar-refractivity contribution is 7.95. The van der Waals surface area contributed by atoms with Crippen LogP contribution in [0.3, 0.4) is 0 Å². The number of rotatable bonds is 5. The molecule has 0 N–H and O–H groups in total. The molecule has 0 spiro atoms. The van der Waals surface area contributed by atoms with Crippen LogP contribution in [0.4, 0.5) is 0 Å². The lowest BCUT2D eigenvalue weighted by molar-refractivity contribution is -0.00000668. The van der Waals surface area contributed by atoms with Gasteiger partial charge in [-0.05, 0) is 67.6 Å². The van der Waals surface area contributed by atoms with Crippen molar-refractivity contribution in [1.29, 1.82) is 5.26 Å². The van der Waals surface area contributed by atoms with Crippen molar-refractivity contribution < 1.29 is 17.0 Å². The van der Waals surface area contributed by atoms with Gasteiger partial charge in [0.1, 0.15) is 23.2 Å². The molecule has 0 atom stereocenters. The summed E-state index contributed by atoms with van der Waals surface area (Å²) in [6.45, 7) is 5.49. The Morgan fingerprint density at radius 2 is 1.35 bits per heavy atom. The maximum Gasteiger partial charge on any atom is 0.113 e. The monoisotopic (exact) mass is 524 g/mol. The zero-order chi connectivity index (χ0) is 22.8. The van der Waals surface area contributed by atoms with Crippen LogP contribution in [0.1, 0.15) is 12.5 Å². The molecule has 5 aromatic rings. The van der Waals surface area contributed by atoms with E-state index in [1.165, 1.54) is 32.7 Å². The molecule has 0 aliphatic carbocycles. The van der Waals surface area contributed by atoms with Gasteiger partial charge in [-0.1, -0.05) is 48.5 Å². The van der Waals surface area contributed by atoms with Gasteiger partial charge in [-0.2, -0.15) is 5.26 Å². The van der Waals surface area contributed by atoms with Crippen LogP contribution in [0.2, 0.25) is 0 Å². The average Bonchev–Trinajstić information content (AvgIpc) is 3.27. The van der Waals surface area contributed by atoms with Gasteiger partial charge in [0.05, 0.1) is 24.0 Å². The van der Waals surface area contributed by atoms with Gasteiger partial charge in [-0.3, -0.25) is 0 Å². The summed E-state index contributed by atoms with van der Waals surface area (Å²) in [5.41, 5.74) is 4.33. The van der Waals surface area contributed by atoms with Crippen LogP contribution in [0.25, 0.3) is 22.2 Å². The minimum atomic E-state index is -1.88. The van der Waals surface area contributed by atoms with E-state index in [0.717, 1.165) is 11.9 Å². The molecular weight excluding hydrogens is 499 g/mol. The molecule has 0 aliphatic rings. The lowest BCUT2D eigenvalue weighted by atomic mass is 10.1. The van der Waals surface area contributed by atoms with Gasteiger partial charge >= 0.3 is 0 Å². The Bertz CT molecular complexity index is 1430. The Labute approximate surface area is 212 Å². The van der Waals surface area contributed by atoms with Crippen LogP contribution in [0, 0.1) is 11.3 Å². The zero-order valence-electron chi connectivity index (χ0n) is 19.3. The van der Waals surface area contributed by atoms with Crippen molar-refractivity contribution in [3.8, 4) is 17.3 Å². The summed E-state index contributed by atoms with van der Waals surface area (Å²) in [4.78, 5) is 0. The van der Waals surface area contributed by atoms with Crippen LogP contribution < -0.4 is 32.9 Å². The SMILES string of the molecule is CCn1c(-c2ccccc2[P+](C)(c2ccccc2)c2ccccc2)cc2cc(C#N)ccc21.[Br-]. The number of aromatic nitrogens is 1. The van der Waals surface area contributed by atoms with E-state index in [0.29, 0.717) is 5.56 Å². The first-order valence-corrected chi connectivity index (χ1v) is 13.5. The molecule has 4 aromatic carbocycles. The summed E-state index contributed by atoms with van der Waals surface area (Å²) < 4.78 is 2.37. The van der Waals surface area contributed by atoms with Gasteiger partial charge in [0.2, 0.25) is 0 Å². The largest absolute Gasteiger partial charge is 1.00 e. The van der Waals surface area contributed by atoms with E-state index in [2.05, 4.69) is 121 Å². The van der Waals surface area contributed by atoms with Crippen LogP contribution in [-0.2, 0) is 6.54 Å². The molecule has 0 saturated carbocycles. The van der Waals surface area contributed by atoms with E-state index < -0.39 is 7.26 Å². The summed E-state index contributed by atoms with van der Waals surface area (Å²) in [6, 6.07) is 41.2. The smallest absolute Gasteiger partial charge is 0.113 e. The number of hydrogen-bond donors (Lipinski definition) is 0. The highest BCUT2D eigenvalue weighted by Crippen LogP contribution is 2.53. The number of aryl methyl sites for hydroxylation is 1. The van der Waals surface area contributed by atoms with Crippen molar-refractivity contribution in [2.75, 3.05) is 6.66 Å². The molecule has 4 heteroatoms. The molecule has 0 unspecified atom stereocenters. The number of nitrogens with zero attached hydrogens (tertiary/aromatic N) is 2. The molecule has 5 rings (SSSR count). The third kappa shape index (κ3) is 3.98. The van der Waals surface area contributed by atoms with Gasteiger partial charge in [-0.25, -0.2) is 0 Å². The molecule has 34 heavy (non-hydrogen) atoms. The zero-order valence-corrected chi connectivity index (χ0v) is 21.8. The summed E-state index contributed by atoms with van der Waals surface area (Å²) in [6.07, 6.45) is 0. The van der Waals surface area contributed by atoms with Crippen LogP contribution >= 0.6 is 7.26 Å². The normalized spacial score (nSPS) is 11.1. The molecule has 0 bridgehead atoms. The van der Waals surface area contributed by atoms with E-state index >= 15 is 0 Å². The highest BCUT2D eigenvalue weighted by atomic mass is 79.9. The second-order valence-electron chi connectivity index (χ2n) is 8.35. The van der Waals surface area contributed by atoms with Crippen molar-refractivity contribution in [3.63, 3.8) is 0 Å². The maximum atomic E-state index is 9.40. The van der Waals surface area contributed by atoms with E-state index in [-0.39, 0.29) is 17.0 Å². The van der Waals surface area contributed by atoms with Crippen molar-refractivity contribution in [1.82, 2.24) is 4.57 Å². The number of benzene rings is 4. The Kier molecular flexibility index (Phi) is 7.03. The number of nitriles is 1. The Morgan fingerprint density at radius 3 is 1.94 bits per heavy atom.